The predicted octanol–water partition coefficient (Wildman–Crippen LogP) is 3.55. The molecule has 9 nitrogen and oxygen atoms in total. The molecule has 1 aromatic heterocycles. The number of hydrogen-bond donors (Lipinski definition) is 1. The van der Waals surface area contributed by atoms with E-state index in [1.165, 1.54) is 21.8 Å². The van der Waals surface area contributed by atoms with Crippen LogP contribution in [0.1, 0.15) is 61.3 Å². The summed E-state index contributed by atoms with van der Waals surface area (Å²) in [5, 5.41) is 4.91. The van der Waals surface area contributed by atoms with Crippen molar-refractivity contribution in [3.05, 3.63) is 46.4 Å². The van der Waals surface area contributed by atoms with Crippen LogP contribution in [0, 0.1) is 5.92 Å². The molecule has 0 radical (unpaired) electrons. The average molecular weight is 510 g/mol. The predicted molar refractivity (Wildman–Crippen MR) is 136 cm³/mol. The Morgan fingerprint density at radius 3 is 2.50 bits per heavy atom. The molecule has 3 fully saturated rings. The van der Waals surface area contributed by atoms with Gasteiger partial charge in [0.1, 0.15) is 6.04 Å². The number of anilines is 1. The molecule has 36 heavy (non-hydrogen) atoms. The zero-order valence-corrected chi connectivity index (χ0v) is 21.5. The van der Waals surface area contributed by atoms with Crippen LogP contribution in [-0.2, 0) is 9.59 Å². The van der Waals surface area contributed by atoms with Crippen molar-refractivity contribution in [2.24, 2.45) is 5.92 Å². The van der Waals surface area contributed by atoms with E-state index in [0.717, 1.165) is 6.42 Å². The van der Waals surface area contributed by atoms with Crippen LogP contribution in [0.25, 0.3) is 0 Å². The summed E-state index contributed by atoms with van der Waals surface area (Å²) in [6.45, 7) is 6.96. The highest BCUT2D eigenvalue weighted by Crippen LogP contribution is 2.38. The lowest BCUT2D eigenvalue weighted by atomic mass is 10.0. The Hall–Kier alpha value is -3.27. The maximum absolute atomic E-state index is 13.7. The van der Waals surface area contributed by atoms with Crippen molar-refractivity contribution < 1.29 is 19.2 Å². The molecule has 0 spiro atoms. The van der Waals surface area contributed by atoms with Crippen molar-refractivity contribution in [2.45, 2.75) is 64.1 Å². The van der Waals surface area contributed by atoms with E-state index in [1.54, 1.807) is 28.3 Å². The lowest BCUT2D eigenvalue weighted by Gasteiger charge is -2.32. The Balaban J connectivity index is 1.29. The second kappa shape index (κ2) is 9.65. The fourth-order valence-electron chi connectivity index (χ4n) is 5.76. The van der Waals surface area contributed by atoms with E-state index >= 15 is 0 Å². The molecule has 3 aliphatic rings. The van der Waals surface area contributed by atoms with Gasteiger partial charge in [-0.15, -0.1) is 11.3 Å². The number of nitrogens with zero attached hydrogens (tertiary/aromatic N) is 4. The number of benzene rings is 1. The Kier molecular flexibility index (Phi) is 6.55. The highest BCUT2D eigenvalue weighted by atomic mass is 32.1. The van der Waals surface area contributed by atoms with Gasteiger partial charge in [-0.3, -0.25) is 19.3 Å². The number of nitrogens with one attached hydrogen (secondary N) is 1. The first-order valence-corrected chi connectivity index (χ1v) is 13.4. The topological polar surface area (TPSA) is 103 Å². The summed E-state index contributed by atoms with van der Waals surface area (Å²) in [6.07, 6.45) is 3.39. The summed E-state index contributed by atoms with van der Waals surface area (Å²) in [4.78, 5) is 61.6. The molecule has 0 bridgehead atoms. The molecule has 3 saturated heterocycles. The maximum atomic E-state index is 13.7. The van der Waals surface area contributed by atoms with E-state index in [4.69, 9.17) is 0 Å². The minimum Gasteiger partial charge on any atom is -0.335 e. The number of rotatable bonds is 4. The van der Waals surface area contributed by atoms with Crippen LogP contribution < -0.4 is 5.32 Å². The van der Waals surface area contributed by atoms with Crippen LogP contribution >= 0.6 is 11.3 Å². The van der Waals surface area contributed by atoms with Crippen LogP contribution in [0.4, 0.5) is 10.5 Å². The van der Waals surface area contributed by atoms with Crippen LogP contribution in [0.3, 0.4) is 0 Å². The van der Waals surface area contributed by atoms with Crippen molar-refractivity contribution in [2.75, 3.05) is 18.4 Å². The highest BCUT2D eigenvalue weighted by molar-refractivity contribution is 7.11. The van der Waals surface area contributed by atoms with Gasteiger partial charge in [-0.05, 0) is 42.9 Å². The largest absolute Gasteiger partial charge is 0.335 e. The van der Waals surface area contributed by atoms with E-state index in [9.17, 15) is 19.2 Å². The highest BCUT2D eigenvalue weighted by Gasteiger charge is 2.56. The number of urea groups is 1. The van der Waals surface area contributed by atoms with E-state index in [1.807, 2.05) is 24.3 Å². The van der Waals surface area contributed by atoms with Crippen molar-refractivity contribution in [1.29, 1.82) is 0 Å². The van der Waals surface area contributed by atoms with Gasteiger partial charge in [0.2, 0.25) is 11.8 Å². The molecule has 1 N–H and O–H groups in total. The summed E-state index contributed by atoms with van der Waals surface area (Å²) < 4.78 is 0. The number of hydrogen-bond acceptors (Lipinski definition) is 6. The molecule has 4 heterocycles. The van der Waals surface area contributed by atoms with Gasteiger partial charge in [-0.1, -0.05) is 32.9 Å². The third-order valence-electron chi connectivity index (χ3n) is 7.64. The second-order valence-electron chi connectivity index (χ2n) is 10.1. The molecule has 4 atom stereocenters. The fraction of sp³-hybridized carbons (Fsp3) is 0.500. The zero-order chi connectivity index (χ0) is 25.6. The minimum absolute atomic E-state index is 0.145. The van der Waals surface area contributed by atoms with Gasteiger partial charge in [0, 0.05) is 30.4 Å². The molecule has 2 aromatic rings. The molecular weight excluding hydrogens is 478 g/mol. The summed E-state index contributed by atoms with van der Waals surface area (Å²) in [6, 6.07) is 6.12. The molecule has 1 aromatic carbocycles. The number of thiazole rings is 1. The quantitative estimate of drug-likeness (QED) is 0.635. The SMILES string of the molecule is CC(C)c1ccc(NC(=O)N2CCC[C@H]2C(=O)N2CC[C@H]3[C@H]2[C@H](C)C(=O)N3C(=O)c2nccs2)cc1. The van der Waals surface area contributed by atoms with Crippen molar-refractivity contribution in [1.82, 2.24) is 19.7 Å². The smallest absolute Gasteiger partial charge is 0.322 e. The summed E-state index contributed by atoms with van der Waals surface area (Å²) in [5.41, 5.74) is 1.88. The number of imide groups is 1. The molecule has 190 valence electrons. The fourth-order valence-corrected chi connectivity index (χ4v) is 6.33. The maximum Gasteiger partial charge on any atom is 0.322 e. The van der Waals surface area contributed by atoms with Crippen molar-refractivity contribution >= 4 is 40.8 Å². The number of fused-ring (bicyclic) bond motifs is 1. The van der Waals surface area contributed by atoms with E-state index < -0.39 is 17.9 Å². The molecule has 3 aliphatic heterocycles. The Morgan fingerprint density at radius 2 is 1.83 bits per heavy atom. The third kappa shape index (κ3) is 4.17. The molecule has 0 saturated carbocycles. The second-order valence-corrected chi connectivity index (χ2v) is 11.0. The molecule has 0 aliphatic carbocycles. The number of likely N-dealkylation sites (tertiary alicyclic amines) is 3. The first-order chi connectivity index (χ1) is 17.3. The van der Waals surface area contributed by atoms with E-state index in [0.29, 0.717) is 37.5 Å². The monoisotopic (exact) mass is 509 g/mol. The van der Waals surface area contributed by atoms with Gasteiger partial charge in [0.15, 0.2) is 5.01 Å². The lowest BCUT2D eigenvalue weighted by Crippen LogP contribution is -2.52. The normalized spacial score (nSPS) is 25.6. The van der Waals surface area contributed by atoms with Crippen LogP contribution in [-0.4, -0.2) is 74.7 Å². The van der Waals surface area contributed by atoms with Gasteiger partial charge in [-0.2, -0.15) is 0 Å². The first kappa shape index (κ1) is 24.4. The van der Waals surface area contributed by atoms with E-state index in [-0.39, 0.29) is 34.9 Å². The van der Waals surface area contributed by atoms with Crippen LogP contribution in [0.15, 0.2) is 35.8 Å². The first-order valence-electron chi connectivity index (χ1n) is 12.5. The molecule has 0 unspecified atom stereocenters. The summed E-state index contributed by atoms with van der Waals surface area (Å²) in [5.74, 6) is -0.901. The standard InChI is InChI=1S/C26H31N5O4S/c1-15(2)17-6-8-18(9-7-17)28-26(35)29-12-4-5-20(29)24(33)30-13-10-19-21(30)16(3)23(32)31(19)25(34)22-27-11-14-36-22/h6-9,11,14-16,19-21H,4-5,10,12-13H2,1-3H3,(H,28,35)/t16-,19-,20-,21+/m0/s1. The number of carbonyl (C=O) groups is 4. The molecule has 5 amide bonds. The number of aromatic nitrogens is 1. The lowest BCUT2D eigenvalue weighted by molar-refractivity contribution is -0.137. The zero-order valence-electron chi connectivity index (χ0n) is 20.7. The van der Waals surface area contributed by atoms with Gasteiger partial charge in [0.05, 0.1) is 18.0 Å². The van der Waals surface area contributed by atoms with Gasteiger partial charge in [-0.25, -0.2) is 9.78 Å². The van der Waals surface area contributed by atoms with E-state index in [2.05, 4.69) is 24.1 Å². The summed E-state index contributed by atoms with van der Waals surface area (Å²) >= 11 is 1.20. The Bertz CT molecular complexity index is 1170. The minimum atomic E-state index is -0.579. The van der Waals surface area contributed by atoms with Gasteiger partial charge < -0.3 is 15.1 Å². The van der Waals surface area contributed by atoms with Crippen molar-refractivity contribution in [3.8, 4) is 0 Å². The van der Waals surface area contributed by atoms with Crippen LogP contribution in [0.5, 0.6) is 0 Å². The Labute approximate surface area is 214 Å². The molecule has 5 rings (SSSR count). The average Bonchev–Trinajstić information content (AvgIpc) is 3.66. The molecular formula is C26H31N5O4S. The summed E-state index contributed by atoms with van der Waals surface area (Å²) in [7, 11) is 0. The van der Waals surface area contributed by atoms with Gasteiger partial charge >= 0.3 is 6.03 Å². The van der Waals surface area contributed by atoms with Crippen molar-refractivity contribution in [3.63, 3.8) is 0 Å². The third-order valence-corrected chi connectivity index (χ3v) is 8.40. The Morgan fingerprint density at radius 1 is 1.08 bits per heavy atom. The van der Waals surface area contributed by atoms with Gasteiger partial charge in [0.25, 0.3) is 5.91 Å². The number of amides is 5. The molecule has 10 heteroatoms. The number of carbonyl (C=O) groups excluding carboxylic acids is 4. The van der Waals surface area contributed by atoms with Crippen LogP contribution in [0.2, 0.25) is 0 Å².